The standard InChI is InChI=1S/C5H10O3.C3H4N2S/c1-5(2,3)8-4(6)7;1-3-4-2-6-5-3/h1-3H3,(H,6,7);2H,1H3. The number of carboxylic acid groups (broad SMARTS) is 1. The summed E-state index contributed by atoms with van der Waals surface area (Å²) in [7, 11) is 0. The van der Waals surface area contributed by atoms with Crippen molar-refractivity contribution >= 4 is 17.7 Å². The Bertz CT molecular complexity index is 267. The summed E-state index contributed by atoms with van der Waals surface area (Å²) in [5.41, 5.74) is 1.14. The molecule has 0 spiro atoms. The van der Waals surface area contributed by atoms with Crippen molar-refractivity contribution in [2.45, 2.75) is 33.3 Å². The number of aryl methyl sites for hydroxylation is 1. The molecule has 14 heavy (non-hydrogen) atoms. The molecule has 80 valence electrons. The molecule has 0 fully saturated rings. The molecule has 0 aromatic carbocycles. The maximum absolute atomic E-state index is 9.79. The molecule has 1 heterocycles. The van der Waals surface area contributed by atoms with Crippen molar-refractivity contribution in [1.29, 1.82) is 0 Å². The number of hydrogen-bond acceptors (Lipinski definition) is 5. The van der Waals surface area contributed by atoms with E-state index in [2.05, 4.69) is 14.1 Å². The fourth-order valence-electron chi connectivity index (χ4n) is 0.485. The molecule has 0 aliphatic carbocycles. The molecular weight excluding hydrogens is 204 g/mol. The molecule has 0 radical (unpaired) electrons. The van der Waals surface area contributed by atoms with Crippen molar-refractivity contribution in [1.82, 2.24) is 9.36 Å². The summed E-state index contributed by atoms with van der Waals surface area (Å²) in [5.74, 6) is 0.861. The molecule has 0 aliphatic heterocycles. The topological polar surface area (TPSA) is 72.3 Å². The SMILES string of the molecule is CC(C)(C)OC(=O)O.Cc1ncsn1. The fourth-order valence-corrected chi connectivity index (χ4v) is 0.932. The zero-order chi connectivity index (χ0) is 11.2. The van der Waals surface area contributed by atoms with Crippen LogP contribution in [-0.2, 0) is 4.74 Å². The molecule has 0 amide bonds. The number of carbonyl (C=O) groups is 1. The van der Waals surface area contributed by atoms with Crippen LogP contribution in [0.5, 0.6) is 0 Å². The molecule has 1 N–H and O–H groups in total. The van der Waals surface area contributed by atoms with E-state index >= 15 is 0 Å². The summed E-state index contributed by atoms with van der Waals surface area (Å²) in [5, 5.41) is 8.03. The number of hydrogen-bond donors (Lipinski definition) is 1. The second kappa shape index (κ2) is 5.54. The Labute approximate surface area is 86.9 Å². The second-order valence-corrected chi connectivity index (χ2v) is 4.06. The summed E-state index contributed by atoms with van der Waals surface area (Å²) in [6.45, 7) is 6.92. The van der Waals surface area contributed by atoms with Gasteiger partial charge in [-0.2, -0.15) is 4.37 Å². The van der Waals surface area contributed by atoms with E-state index in [0.717, 1.165) is 5.82 Å². The largest absolute Gasteiger partial charge is 0.506 e. The molecule has 0 saturated heterocycles. The van der Waals surface area contributed by atoms with Crippen LogP contribution in [0.25, 0.3) is 0 Å². The van der Waals surface area contributed by atoms with Crippen molar-refractivity contribution in [2.24, 2.45) is 0 Å². The summed E-state index contributed by atoms with van der Waals surface area (Å²) < 4.78 is 8.20. The third-order valence-corrected chi connectivity index (χ3v) is 1.43. The smallest absolute Gasteiger partial charge is 0.450 e. The predicted molar refractivity (Wildman–Crippen MR) is 53.5 cm³/mol. The third-order valence-electron chi connectivity index (χ3n) is 0.865. The molecule has 0 aliphatic rings. The lowest BCUT2D eigenvalue weighted by Gasteiger charge is -2.15. The molecule has 1 rings (SSSR count). The maximum Gasteiger partial charge on any atom is 0.506 e. The van der Waals surface area contributed by atoms with Crippen molar-refractivity contribution in [2.75, 3.05) is 0 Å². The quantitative estimate of drug-likeness (QED) is 0.676. The number of aromatic nitrogens is 2. The highest BCUT2D eigenvalue weighted by Gasteiger charge is 2.13. The van der Waals surface area contributed by atoms with E-state index in [1.165, 1.54) is 11.5 Å². The van der Waals surface area contributed by atoms with Crippen LogP contribution in [0.15, 0.2) is 5.51 Å². The minimum atomic E-state index is -1.22. The van der Waals surface area contributed by atoms with Gasteiger partial charge in [0.25, 0.3) is 0 Å². The fraction of sp³-hybridized carbons (Fsp3) is 0.625. The summed E-state index contributed by atoms with van der Waals surface area (Å²) in [6.07, 6.45) is -1.22. The van der Waals surface area contributed by atoms with Gasteiger partial charge in [0.2, 0.25) is 0 Å². The van der Waals surface area contributed by atoms with Gasteiger partial charge in [-0.15, -0.1) is 0 Å². The van der Waals surface area contributed by atoms with E-state index in [0.29, 0.717) is 0 Å². The van der Waals surface area contributed by atoms with Crippen molar-refractivity contribution in [3.8, 4) is 0 Å². The lowest BCUT2D eigenvalue weighted by molar-refractivity contribution is 0.0150. The first-order valence-corrected chi connectivity index (χ1v) is 4.80. The van der Waals surface area contributed by atoms with E-state index in [4.69, 9.17) is 5.11 Å². The van der Waals surface area contributed by atoms with E-state index in [-0.39, 0.29) is 0 Å². The molecule has 6 heteroatoms. The molecule has 1 aromatic rings. The van der Waals surface area contributed by atoms with Gasteiger partial charge in [0.05, 0.1) is 0 Å². The highest BCUT2D eigenvalue weighted by Crippen LogP contribution is 2.05. The van der Waals surface area contributed by atoms with Crippen molar-refractivity contribution in [3.63, 3.8) is 0 Å². The molecule has 0 bridgehead atoms. The lowest BCUT2D eigenvalue weighted by atomic mass is 10.2. The Morgan fingerprint density at radius 2 is 2.14 bits per heavy atom. The van der Waals surface area contributed by atoms with Crippen LogP contribution in [0.1, 0.15) is 26.6 Å². The van der Waals surface area contributed by atoms with Gasteiger partial charge in [0.15, 0.2) is 0 Å². The highest BCUT2D eigenvalue weighted by molar-refractivity contribution is 7.03. The van der Waals surface area contributed by atoms with Crippen LogP contribution >= 0.6 is 11.5 Å². The predicted octanol–water partition coefficient (Wildman–Crippen LogP) is 2.33. The number of rotatable bonds is 0. The average molecular weight is 218 g/mol. The number of ether oxygens (including phenoxy) is 1. The van der Waals surface area contributed by atoms with Gasteiger partial charge in [0.1, 0.15) is 16.9 Å². The van der Waals surface area contributed by atoms with Crippen LogP contribution in [-0.4, -0.2) is 26.2 Å². The van der Waals surface area contributed by atoms with Gasteiger partial charge in [0, 0.05) is 0 Å². The Kier molecular flexibility index (Phi) is 5.07. The Morgan fingerprint density at radius 3 is 2.21 bits per heavy atom. The van der Waals surface area contributed by atoms with Crippen LogP contribution in [0, 0.1) is 6.92 Å². The molecular formula is C8H14N2O3S. The zero-order valence-electron chi connectivity index (χ0n) is 8.64. The Morgan fingerprint density at radius 1 is 1.57 bits per heavy atom. The van der Waals surface area contributed by atoms with E-state index in [1.54, 1.807) is 26.3 Å². The second-order valence-electron chi connectivity index (χ2n) is 3.46. The van der Waals surface area contributed by atoms with E-state index in [9.17, 15) is 4.79 Å². The zero-order valence-corrected chi connectivity index (χ0v) is 9.46. The Hall–Kier alpha value is -1.17. The van der Waals surface area contributed by atoms with Crippen LogP contribution in [0.2, 0.25) is 0 Å². The monoisotopic (exact) mass is 218 g/mol. The highest BCUT2D eigenvalue weighted by atomic mass is 32.1. The van der Waals surface area contributed by atoms with Gasteiger partial charge in [-0.3, -0.25) is 0 Å². The molecule has 0 saturated carbocycles. The number of nitrogens with zero attached hydrogens (tertiary/aromatic N) is 2. The molecule has 1 aromatic heterocycles. The van der Waals surface area contributed by atoms with Crippen molar-refractivity contribution in [3.05, 3.63) is 11.3 Å². The van der Waals surface area contributed by atoms with Gasteiger partial charge in [-0.25, -0.2) is 9.78 Å². The normalized spacial score (nSPS) is 10.0. The van der Waals surface area contributed by atoms with Crippen molar-refractivity contribution < 1.29 is 14.6 Å². The van der Waals surface area contributed by atoms with Gasteiger partial charge in [-0.05, 0) is 39.2 Å². The minimum Gasteiger partial charge on any atom is -0.450 e. The Balaban J connectivity index is 0.000000249. The third kappa shape index (κ3) is 8.92. The first kappa shape index (κ1) is 12.8. The molecule has 0 unspecified atom stereocenters. The summed E-state index contributed by atoms with van der Waals surface area (Å²) in [6, 6.07) is 0. The average Bonchev–Trinajstić information content (AvgIpc) is 2.34. The first-order chi connectivity index (χ1) is 6.31. The maximum atomic E-state index is 9.79. The van der Waals surface area contributed by atoms with Gasteiger partial charge >= 0.3 is 6.16 Å². The van der Waals surface area contributed by atoms with Crippen LogP contribution < -0.4 is 0 Å². The molecule has 5 nitrogen and oxygen atoms in total. The van der Waals surface area contributed by atoms with Crippen LogP contribution in [0.4, 0.5) is 4.79 Å². The van der Waals surface area contributed by atoms with Crippen LogP contribution in [0.3, 0.4) is 0 Å². The van der Waals surface area contributed by atoms with E-state index in [1.807, 2.05) is 6.92 Å². The van der Waals surface area contributed by atoms with Gasteiger partial charge < -0.3 is 9.84 Å². The van der Waals surface area contributed by atoms with Gasteiger partial charge in [-0.1, -0.05) is 0 Å². The van der Waals surface area contributed by atoms with E-state index < -0.39 is 11.8 Å². The first-order valence-electron chi connectivity index (χ1n) is 3.96. The summed E-state index contributed by atoms with van der Waals surface area (Å²) >= 11 is 1.38. The molecule has 0 atom stereocenters. The minimum absolute atomic E-state index is 0.578. The lowest BCUT2D eigenvalue weighted by Crippen LogP contribution is -2.22. The summed E-state index contributed by atoms with van der Waals surface area (Å²) in [4.78, 5) is 13.6.